The van der Waals surface area contributed by atoms with Gasteiger partial charge in [-0.05, 0) is 31.7 Å². The summed E-state index contributed by atoms with van der Waals surface area (Å²) in [4.78, 5) is 14.4. The molecule has 3 nitrogen and oxygen atoms in total. The van der Waals surface area contributed by atoms with Gasteiger partial charge in [0.05, 0.1) is 6.04 Å². The molecule has 1 amide bonds. The predicted octanol–water partition coefficient (Wildman–Crippen LogP) is 2.61. The molecule has 19 heavy (non-hydrogen) atoms. The quantitative estimate of drug-likeness (QED) is 0.854. The highest BCUT2D eigenvalue weighted by Crippen LogP contribution is 2.29. The smallest absolute Gasteiger partial charge is 0.240 e. The van der Waals surface area contributed by atoms with E-state index in [4.69, 9.17) is 5.73 Å². The maximum Gasteiger partial charge on any atom is 0.240 e. The Kier molecular flexibility index (Phi) is 4.59. The molecule has 0 bridgehead atoms. The third-order valence-electron chi connectivity index (χ3n) is 3.66. The second kappa shape index (κ2) is 6.20. The van der Waals surface area contributed by atoms with Crippen molar-refractivity contribution in [2.75, 3.05) is 0 Å². The number of carbonyl (C=O) groups is 1. The molecule has 1 aromatic carbocycles. The van der Waals surface area contributed by atoms with Gasteiger partial charge in [0.2, 0.25) is 5.91 Å². The van der Waals surface area contributed by atoms with Crippen LogP contribution in [0.2, 0.25) is 0 Å². The third kappa shape index (κ3) is 3.80. The van der Waals surface area contributed by atoms with Gasteiger partial charge in [-0.2, -0.15) is 0 Å². The van der Waals surface area contributed by atoms with Crippen molar-refractivity contribution in [3.05, 3.63) is 35.4 Å². The summed E-state index contributed by atoms with van der Waals surface area (Å²) in [5.74, 6) is 0.116. The van der Waals surface area contributed by atoms with E-state index < -0.39 is 0 Å². The Morgan fingerprint density at radius 3 is 2.53 bits per heavy atom. The van der Waals surface area contributed by atoms with Gasteiger partial charge in [0, 0.05) is 12.6 Å². The highest BCUT2D eigenvalue weighted by atomic mass is 16.2. The molecule has 1 aliphatic carbocycles. The van der Waals surface area contributed by atoms with Crippen molar-refractivity contribution < 1.29 is 4.79 Å². The number of hydrogen-bond donors (Lipinski definition) is 1. The maximum atomic E-state index is 12.4. The lowest BCUT2D eigenvalue weighted by Crippen LogP contribution is -2.44. The summed E-state index contributed by atoms with van der Waals surface area (Å²) in [5.41, 5.74) is 8.42. The lowest BCUT2D eigenvalue weighted by Gasteiger charge is -2.25. The summed E-state index contributed by atoms with van der Waals surface area (Å²) in [7, 11) is 0. The zero-order valence-corrected chi connectivity index (χ0v) is 11.9. The topological polar surface area (TPSA) is 46.3 Å². The largest absolute Gasteiger partial charge is 0.334 e. The van der Waals surface area contributed by atoms with Crippen LogP contribution in [0.3, 0.4) is 0 Å². The Balaban J connectivity index is 2.04. The zero-order valence-electron chi connectivity index (χ0n) is 11.9. The molecule has 0 spiro atoms. The minimum absolute atomic E-state index is 0.116. The van der Waals surface area contributed by atoms with Crippen LogP contribution in [0.15, 0.2) is 24.3 Å². The highest BCUT2D eigenvalue weighted by Gasteiger charge is 2.34. The molecule has 0 saturated heterocycles. The van der Waals surface area contributed by atoms with Gasteiger partial charge in [0.15, 0.2) is 0 Å². The fourth-order valence-corrected chi connectivity index (χ4v) is 2.31. The van der Waals surface area contributed by atoms with Crippen LogP contribution in [0.25, 0.3) is 0 Å². The van der Waals surface area contributed by atoms with E-state index in [0.717, 1.165) is 25.7 Å². The van der Waals surface area contributed by atoms with Crippen LogP contribution >= 0.6 is 0 Å². The van der Waals surface area contributed by atoms with Gasteiger partial charge < -0.3 is 10.6 Å². The summed E-state index contributed by atoms with van der Waals surface area (Å²) < 4.78 is 0. The second-order valence-corrected chi connectivity index (χ2v) is 5.58. The molecular weight excluding hydrogens is 236 g/mol. The molecule has 0 heterocycles. The number of carbonyl (C=O) groups excluding carboxylic acids is 1. The van der Waals surface area contributed by atoms with E-state index in [2.05, 4.69) is 38.1 Å². The summed E-state index contributed by atoms with van der Waals surface area (Å²) >= 11 is 0. The number of benzene rings is 1. The molecule has 0 aliphatic heterocycles. The van der Waals surface area contributed by atoms with E-state index in [9.17, 15) is 4.79 Å². The monoisotopic (exact) mass is 260 g/mol. The number of amides is 1. The summed E-state index contributed by atoms with van der Waals surface area (Å²) in [6.07, 6.45) is 3.97. The normalized spacial score (nSPS) is 16.2. The lowest BCUT2D eigenvalue weighted by molar-refractivity contribution is -0.134. The number of aryl methyl sites for hydroxylation is 1. The SMILES string of the molecule is CCC[C@H](N)C(=O)N(Cc1ccc(C)cc1)C1CC1. The number of rotatable bonds is 6. The molecule has 1 atom stereocenters. The van der Waals surface area contributed by atoms with Crippen molar-refractivity contribution in [2.24, 2.45) is 5.73 Å². The van der Waals surface area contributed by atoms with Crippen molar-refractivity contribution in [1.82, 2.24) is 4.90 Å². The van der Waals surface area contributed by atoms with Gasteiger partial charge in [0.25, 0.3) is 0 Å². The Morgan fingerprint density at radius 2 is 2.00 bits per heavy atom. The van der Waals surface area contributed by atoms with Crippen molar-refractivity contribution in [3.63, 3.8) is 0 Å². The molecule has 1 fully saturated rings. The number of nitrogens with two attached hydrogens (primary N) is 1. The standard InChI is InChI=1S/C16H24N2O/c1-3-4-15(17)16(19)18(14-9-10-14)11-13-7-5-12(2)6-8-13/h5-8,14-15H,3-4,9-11,17H2,1-2H3/t15-/m0/s1. The first kappa shape index (κ1) is 14.1. The van der Waals surface area contributed by atoms with Crippen LogP contribution in [0, 0.1) is 6.92 Å². The maximum absolute atomic E-state index is 12.4. The molecule has 0 radical (unpaired) electrons. The van der Waals surface area contributed by atoms with Gasteiger partial charge in [-0.1, -0.05) is 43.2 Å². The first-order chi connectivity index (χ1) is 9.11. The van der Waals surface area contributed by atoms with E-state index in [1.54, 1.807) is 0 Å². The molecule has 1 aromatic rings. The number of nitrogens with zero attached hydrogens (tertiary/aromatic N) is 1. The lowest BCUT2D eigenvalue weighted by atomic mass is 10.1. The van der Waals surface area contributed by atoms with Crippen molar-refractivity contribution in [3.8, 4) is 0 Å². The third-order valence-corrected chi connectivity index (χ3v) is 3.66. The molecular formula is C16H24N2O. The molecule has 0 unspecified atom stereocenters. The van der Waals surface area contributed by atoms with Gasteiger partial charge in [-0.15, -0.1) is 0 Å². The molecule has 1 aliphatic rings. The molecule has 104 valence electrons. The van der Waals surface area contributed by atoms with Crippen LogP contribution in [0.4, 0.5) is 0 Å². The Hall–Kier alpha value is -1.35. The predicted molar refractivity (Wildman–Crippen MR) is 77.6 cm³/mol. The van der Waals surface area contributed by atoms with Crippen LogP contribution in [0.1, 0.15) is 43.7 Å². The van der Waals surface area contributed by atoms with Gasteiger partial charge in [-0.25, -0.2) is 0 Å². The molecule has 2 rings (SSSR count). The highest BCUT2D eigenvalue weighted by molar-refractivity contribution is 5.82. The zero-order chi connectivity index (χ0) is 13.8. The van der Waals surface area contributed by atoms with Crippen molar-refractivity contribution in [2.45, 2.75) is 58.2 Å². The first-order valence-corrected chi connectivity index (χ1v) is 7.23. The Labute approximate surface area is 115 Å². The summed E-state index contributed by atoms with van der Waals surface area (Å²) in [6.45, 7) is 4.83. The average Bonchev–Trinajstić information content (AvgIpc) is 3.22. The first-order valence-electron chi connectivity index (χ1n) is 7.23. The van der Waals surface area contributed by atoms with Gasteiger partial charge in [-0.3, -0.25) is 4.79 Å². The van der Waals surface area contributed by atoms with Crippen LogP contribution in [0.5, 0.6) is 0 Å². The minimum Gasteiger partial charge on any atom is -0.334 e. The second-order valence-electron chi connectivity index (χ2n) is 5.58. The Morgan fingerprint density at radius 1 is 1.37 bits per heavy atom. The van der Waals surface area contributed by atoms with Crippen molar-refractivity contribution >= 4 is 5.91 Å². The fourth-order valence-electron chi connectivity index (χ4n) is 2.31. The Bertz CT molecular complexity index is 423. The van der Waals surface area contributed by atoms with E-state index in [-0.39, 0.29) is 11.9 Å². The van der Waals surface area contributed by atoms with Gasteiger partial charge in [0.1, 0.15) is 0 Å². The minimum atomic E-state index is -0.337. The van der Waals surface area contributed by atoms with Crippen LogP contribution in [-0.4, -0.2) is 22.9 Å². The van der Waals surface area contributed by atoms with Crippen LogP contribution in [-0.2, 0) is 11.3 Å². The molecule has 1 saturated carbocycles. The van der Waals surface area contributed by atoms with Crippen molar-refractivity contribution in [1.29, 1.82) is 0 Å². The van der Waals surface area contributed by atoms with Crippen LogP contribution < -0.4 is 5.73 Å². The van der Waals surface area contributed by atoms with E-state index in [0.29, 0.717) is 12.6 Å². The van der Waals surface area contributed by atoms with E-state index >= 15 is 0 Å². The average molecular weight is 260 g/mol. The van der Waals surface area contributed by atoms with E-state index in [1.165, 1.54) is 11.1 Å². The summed E-state index contributed by atoms with van der Waals surface area (Å²) in [6, 6.07) is 8.47. The number of hydrogen-bond acceptors (Lipinski definition) is 2. The molecule has 0 aromatic heterocycles. The molecule has 2 N–H and O–H groups in total. The summed E-state index contributed by atoms with van der Waals surface area (Å²) in [5, 5.41) is 0. The molecule has 3 heteroatoms. The van der Waals surface area contributed by atoms with E-state index in [1.807, 2.05) is 4.90 Å². The fraction of sp³-hybridized carbons (Fsp3) is 0.562. The van der Waals surface area contributed by atoms with Gasteiger partial charge >= 0.3 is 0 Å².